The Balaban J connectivity index is 2.21. The van der Waals surface area contributed by atoms with Crippen LogP contribution in [0.1, 0.15) is 27.0 Å². The number of nitrogens with one attached hydrogen (secondary N) is 1. The summed E-state index contributed by atoms with van der Waals surface area (Å²) >= 11 is 0. The van der Waals surface area contributed by atoms with Crippen molar-refractivity contribution < 1.29 is 14.6 Å². The number of hydrogen-bond acceptors (Lipinski definition) is 4. The third kappa shape index (κ3) is 3.34. The van der Waals surface area contributed by atoms with Crippen LogP contribution in [0.3, 0.4) is 0 Å². The van der Waals surface area contributed by atoms with Crippen LogP contribution in [0, 0.1) is 13.8 Å². The lowest BCUT2D eigenvalue weighted by molar-refractivity contribution is 0.0600. The monoisotopic (exact) mass is 285 g/mol. The summed E-state index contributed by atoms with van der Waals surface area (Å²) < 4.78 is 4.76. The molecule has 0 bridgehead atoms. The highest BCUT2D eigenvalue weighted by atomic mass is 16.5. The quantitative estimate of drug-likeness (QED) is 0.845. The molecule has 4 nitrogen and oxygen atoms in total. The predicted molar refractivity (Wildman–Crippen MR) is 82.7 cm³/mol. The number of ether oxygens (including phenoxy) is 1. The second kappa shape index (κ2) is 6.31. The molecular weight excluding hydrogens is 266 g/mol. The Kier molecular flexibility index (Phi) is 4.48. The highest BCUT2D eigenvalue weighted by molar-refractivity contribution is 5.92. The Labute approximate surface area is 124 Å². The number of carbonyl (C=O) groups is 1. The van der Waals surface area contributed by atoms with Crippen LogP contribution in [-0.4, -0.2) is 18.2 Å². The minimum absolute atomic E-state index is 0.259. The molecule has 0 saturated heterocycles. The molecule has 0 aliphatic carbocycles. The molecule has 0 spiro atoms. The summed E-state index contributed by atoms with van der Waals surface area (Å²) in [7, 11) is 1.37. The van der Waals surface area contributed by atoms with E-state index >= 15 is 0 Å². The Hall–Kier alpha value is -2.49. The average Bonchev–Trinajstić information content (AvgIpc) is 2.48. The van der Waals surface area contributed by atoms with Gasteiger partial charge in [0.1, 0.15) is 5.75 Å². The smallest absolute Gasteiger partial charge is 0.338 e. The van der Waals surface area contributed by atoms with E-state index in [9.17, 15) is 9.90 Å². The zero-order chi connectivity index (χ0) is 15.4. The maximum atomic E-state index is 11.7. The van der Waals surface area contributed by atoms with Crippen LogP contribution < -0.4 is 5.32 Å². The Morgan fingerprint density at radius 1 is 1.24 bits per heavy atom. The van der Waals surface area contributed by atoms with E-state index in [0.717, 1.165) is 22.4 Å². The molecule has 0 amide bonds. The topological polar surface area (TPSA) is 58.6 Å². The van der Waals surface area contributed by atoms with E-state index in [4.69, 9.17) is 4.74 Å². The lowest BCUT2D eigenvalue weighted by Gasteiger charge is -2.13. The largest absolute Gasteiger partial charge is 0.508 e. The SMILES string of the molecule is COC(=O)c1cccc(NCc2cc(C)ccc2O)c1C. The molecule has 0 unspecified atom stereocenters. The summed E-state index contributed by atoms with van der Waals surface area (Å²) in [6, 6.07) is 10.9. The van der Waals surface area contributed by atoms with Crippen molar-refractivity contribution in [3.63, 3.8) is 0 Å². The second-order valence-electron chi connectivity index (χ2n) is 4.96. The number of esters is 1. The first-order valence-electron chi connectivity index (χ1n) is 6.73. The van der Waals surface area contributed by atoms with Gasteiger partial charge in [0.05, 0.1) is 12.7 Å². The number of anilines is 1. The van der Waals surface area contributed by atoms with Gasteiger partial charge in [0.15, 0.2) is 0 Å². The van der Waals surface area contributed by atoms with E-state index in [0.29, 0.717) is 12.1 Å². The first-order valence-corrected chi connectivity index (χ1v) is 6.73. The van der Waals surface area contributed by atoms with Crippen LogP contribution in [0.5, 0.6) is 5.75 Å². The maximum Gasteiger partial charge on any atom is 0.338 e. The van der Waals surface area contributed by atoms with Crippen molar-refractivity contribution in [3.8, 4) is 5.75 Å². The molecule has 21 heavy (non-hydrogen) atoms. The standard InChI is InChI=1S/C17H19NO3/c1-11-7-8-16(19)13(9-11)10-18-15-6-4-5-14(12(15)2)17(20)21-3/h4-9,18-19H,10H2,1-3H3. The summed E-state index contributed by atoms with van der Waals surface area (Å²) in [6.45, 7) is 4.33. The molecule has 0 heterocycles. The number of rotatable bonds is 4. The summed E-state index contributed by atoms with van der Waals surface area (Å²) in [4.78, 5) is 11.7. The molecule has 2 aromatic rings. The van der Waals surface area contributed by atoms with Gasteiger partial charge >= 0.3 is 5.97 Å². The van der Waals surface area contributed by atoms with Gasteiger partial charge in [-0.2, -0.15) is 0 Å². The molecular formula is C17H19NO3. The van der Waals surface area contributed by atoms with Crippen LogP contribution in [0.2, 0.25) is 0 Å². The maximum absolute atomic E-state index is 11.7. The normalized spacial score (nSPS) is 10.2. The number of aromatic hydroxyl groups is 1. The fourth-order valence-corrected chi connectivity index (χ4v) is 2.20. The number of phenolic OH excluding ortho intramolecular Hbond substituents is 1. The van der Waals surface area contributed by atoms with Crippen molar-refractivity contribution in [3.05, 3.63) is 58.7 Å². The van der Waals surface area contributed by atoms with E-state index in [2.05, 4.69) is 5.32 Å². The fraction of sp³-hybridized carbons (Fsp3) is 0.235. The molecule has 0 fully saturated rings. The molecule has 4 heteroatoms. The highest BCUT2D eigenvalue weighted by Crippen LogP contribution is 2.23. The van der Waals surface area contributed by atoms with Crippen LogP contribution in [0.25, 0.3) is 0 Å². The Bertz CT molecular complexity index is 665. The zero-order valence-corrected chi connectivity index (χ0v) is 12.4. The van der Waals surface area contributed by atoms with Gasteiger partial charge in [-0.3, -0.25) is 0 Å². The summed E-state index contributed by atoms with van der Waals surface area (Å²) in [5.41, 5.74) is 4.12. The average molecular weight is 285 g/mol. The third-order valence-electron chi connectivity index (χ3n) is 3.44. The summed E-state index contributed by atoms with van der Waals surface area (Å²) in [5, 5.41) is 13.1. The van der Waals surface area contributed by atoms with Gasteiger partial charge in [-0.1, -0.05) is 23.8 Å². The lowest BCUT2D eigenvalue weighted by Crippen LogP contribution is -2.07. The van der Waals surface area contributed by atoms with Crippen LogP contribution in [0.15, 0.2) is 36.4 Å². The minimum atomic E-state index is -0.352. The first-order chi connectivity index (χ1) is 10.0. The number of aryl methyl sites for hydroxylation is 1. The van der Waals surface area contributed by atoms with Gasteiger partial charge < -0.3 is 15.2 Å². The lowest BCUT2D eigenvalue weighted by atomic mass is 10.1. The molecule has 0 atom stereocenters. The molecule has 0 aromatic heterocycles. The van der Waals surface area contributed by atoms with Crippen molar-refractivity contribution in [2.45, 2.75) is 20.4 Å². The zero-order valence-electron chi connectivity index (χ0n) is 12.4. The fourth-order valence-electron chi connectivity index (χ4n) is 2.20. The van der Waals surface area contributed by atoms with Crippen molar-refractivity contribution in [1.82, 2.24) is 0 Å². The number of carbonyl (C=O) groups excluding carboxylic acids is 1. The Morgan fingerprint density at radius 3 is 2.71 bits per heavy atom. The van der Waals surface area contributed by atoms with Crippen molar-refractivity contribution in [1.29, 1.82) is 0 Å². The minimum Gasteiger partial charge on any atom is -0.508 e. The molecule has 0 aliphatic heterocycles. The molecule has 0 radical (unpaired) electrons. The van der Waals surface area contributed by atoms with E-state index in [1.807, 2.05) is 32.0 Å². The number of hydrogen-bond donors (Lipinski definition) is 2. The Morgan fingerprint density at radius 2 is 2.00 bits per heavy atom. The molecule has 2 rings (SSSR count). The van der Waals surface area contributed by atoms with Crippen molar-refractivity contribution in [2.75, 3.05) is 12.4 Å². The number of benzene rings is 2. The van der Waals surface area contributed by atoms with E-state index in [1.54, 1.807) is 18.2 Å². The van der Waals surface area contributed by atoms with E-state index < -0.39 is 0 Å². The van der Waals surface area contributed by atoms with Crippen molar-refractivity contribution in [2.24, 2.45) is 0 Å². The van der Waals surface area contributed by atoms with E-state index in [1.165, 1.54) is 7.11 Å². The molecule has 110 valence electrons. The van der Waals surface area contributed by atoms with Crippen LogP contribution >= 0.6 is 0 Å². The summed E-state index contributed by atoms with van der Waals surface area (Å²) in [5.74, 6) is -0.0931. The van der Waals surface area contributed by atoms with Gasteiger partial charge in [0.25, 0.3) is 0 Å². The van der Waals surface area contributed by atoms with Crippen LogP contribution in [0.4, 0.5) is 5.69 Å². The summed E-state index contributed by atoms with van der Waals surface area (Å²) in [6.07, 6.45) is 0. The molecule has 0 saturated carbocycles. The van der Waals surface area contributed by atoms with Crippen LogP contribution in [-0.2, 0) is 11.3 Å². The highest BCUT2D eigenvalue weighted by Gasteiger charge is 2.11. The number of phenols is 1. The first kappa shape index (κ1) is 14.9. The molecule has 2 N–H and O–H groups in total. The third-order valence-corrected chi connectivity index (χ3v) is 3.44. The second-order valence-corrected chi connectivity index (χ2v) is 4.96. The van der Waals surface area contributed by atoms with Gasteiger partial charge in [0, 0.05) is 17.8 Å². The molecule has 0 aliphatic rings. The number of methoxy groups -OCH3 is 1. The van der Waals surface area contributed by atoms with Gasteiger partial charge in [-0.25, -0.2) is 4.79 Å². The van der Waals surface area contributed by atoms with E-state index in [-0.39, 0.29) is 11.7 Å². The van der Waals surface area contributed by atoms with Crippen molar-refractivity contribution >= 4 is 11.7 Å². The van der Waals surface area contributed by atoms with Gasteiger partial charge in [-0.05, 0) is 37.6 Å². The predicted octanol–water partition coefficient (Wildman–Crippen LogP) is 3.41. The molecule has 2 aromatic carbocycles. The van der Waals surface area contributed by atoms with Gasteiger partial charge in [0.2, 0.25) is 0 Å². The van der Waals surface area contributed by atoms with Gasteiger partial charge in [-0.15, -0.1) is 0 Å².